The Bertz CT molecular complexity index is 947. The highest BCUT2D eigenvalue weighted by atomic mass is 35.5. The number of benzene rings is 2. The molecule has 2 unspecified atom stereocenters. The van der Waals surface area contributed by atoms with Crippen molar-refractivity contribution < 1.29 is 0 Å². The third-order valence-corrected chi connectivity index (χ3v) is 8.84. The highest BCUT2D eigenvalue weighted by Crippen LogP contribution is 2.53. The molecule has 0 amide bonds. The van der Waals surface area contributed by atoms with E-state index in [1.807, 2.05) is 0 Å². The van der Waals surface area contributed by atoms with Crippen molar-refractivity contribution in [3.63, 3.8) is 0 Å². The number of halogens is 1. The SMILES string of the molecule is Clc1ccc(C2CCCCC23CCN(Cc2ccc(CCC4C=CC=CC4)cc2)CC3)cc1. The molecule has 0 N–H and O–H groups in total. The van der Waals surface area contributed by atoms with Crippen LogP contribution in [0.4, 0.5) is 0 Å². The third kappa shape index (κ3) is 5.64. The van der Waals surface area contributed by atoms with Gasteiger partial charge < -0.3 is 0 Å². The zero-order chi connectivity index (χ0) is 22.5. The maximum absolute atomic E-state index is 6.18. The molecule has 2 aliphatic carbocycles. The lowest BCUT2D eigenvalue weighted by Crippen LogP contribution is -2.44. The number of aryl methyl sites for hydroxylation is 1. The predicted octanol–water partition coefficient (Wildman–Crippen LogP) is 8.34. The van der Waals surface area contributed by atoms with Crippen LogP contribution in [0.1, 0.15) is 74.0 Å². The fourth-order valence-electron chi connectivity index (χ4n) is 6.54. The summed E-state index contributed by atoms with van der Waals surface area (Å²) in [5, 5.41) is 0.854. The molecular formula is C31H38ClN. The summed E-state index contributed by atoms with van der Waals surface area (Å²) < 4.78 is 0. The molecule has 174 valence electrons. The normalized spacial score (nSPS) is 24.9. The van der Waals surface area contributed by atoms with Crippen LogP contribution in [0.25, 0.3) is 0 Å². The molecule has 0 radical (unpaired) electrons. The van der Waals surface area contributed by atoms with Crippen molar-refractivity contribution in [3.8, 4) is 0 Å². The van der Waals surface area contributed by atoms with E-state index in [1.165, 1.54) is 87.6 Å². The standard InChI is InChI=1S/C31H38ClN/c32-29-17-15-28(16-18-29)30-8-4-5-19-31(30)20-22-33(23-21-31)24-27-13-11-26(12-14-27)10-9-25-6-2-1-3-7-25/h1-3,6,11-18,25,30H,4-5,7-10,19-24H2. The summed E-state index contributed by atoms with van der Waals surface area (Å²) in [6.45, 7) is 3.55. The van der Waals surface area contributed by atoms with Crippen LogP contribution in [0, 0.1) is 11.3 Å². The van der Waals surface area contributed by atoms with Gasteiger partial charge >= 0.3 is 0 Å². The van der Waals surface area contributed by atoms with E-state index in [1.54, 1.807) is 0 Å². The fourth-order valence-corrected chi connectivity index (χ4v) is 6.67. The molecule has 1 aliphatic heterocycles. The Morgan fingerprint density at radius 1 is 0.848 bits per heavy atom. The second-order valence-corrected chi connectivity index (χ2v) is 11.1. The number of hydrogen-bond donors (Lipinski definition) is 0. The molecule has 2 fully saturated rings. The van der Waals surface area contributed by atoms with Crippen molar-refractivity contribution >= 4 is 11.6 Å². The average Bonchev–Trinajstić information content (AvgIpc) is 2.87. The van der Waals surface area contributed by atoms with Gasteiger partial charge in [0.2, 0.25) is 0 Å². The molecule has 5 rings (SSSR count). The van der Waals surface area contributed by atoms with E-state index < -0.39 is 0 Å². The first kappa shape index (κ1) is 22.9. The Hall–Kier alpha value is -1.83. The lowest BCUT2D eigenvalue weighted by molar-refractivity contribution is 0.0436. The molecule has 1 spiro atoms. The van der Waals surface area contributed by atoms with Crippen LogP contribution in [0.3, 0.4) is 0 Å². The van der Waals surface area contributed by atoms with Gasteiger partial charge in [-0.15, -0.1) is 0 Å². The second-order valence-electron chi connectivity index (χ2n) is 10.7. The molecule has 1 saturated heterocycles. The van der Waals surface area contributed by atoms with Gasteiger partial charge in [0.25, 0.3) is 0 Å². The number of nitrogens with zero attached hydrogens (tertiary/aromatic N) is 1. The van der Waals surface area contributed by atoms with Crippen molar-refractivity contribution in [1.82, 2.24) is 4.90 Å². The van der Waals surface area contributed by atoms with Gasteiger partial charge in [0, 0.05) is 11.6 Å². The van der Waals surface area contributed by atoms with Gasteiger partial charge in [0.1, 0.15) is 0 Å². The molecule has 0 bridgehead atoms. The van der Waals surface area contributed by atoms with Crippen molar-refractivity contribution in [2.45, 2.75) is 70.3 Å². The summed E-state index contributed by atoms with van der Waals surface area (Å²) in [5.74, 6) is 1.42. The minimum Gasteiger partial charge on any atom is -0.299 e. The van der Waals surface area contributed by atoms with Crippen LogP contribution >= 0.6 is 11.6 Å². The molecule has 33 heavy (non-hydrogen) atoms. The first-order chi connectivity index (χ1) is 16.2. The van der Waals surface area contributed by atoms with Gasteiger partial charge in [0.15, 0.2) is 0 Å². The lowest BCUT2D eigenvalue weighted by atomic mass is 9.59. The van der Waals surface area contributed by atoms with Crippen molar-refractivity contribution in [2.75, 3.05) is 13.1 Å². The van der Waals surface area contributed by atoms with Gasteiger partial charge in [-0.2, -0.15) is 0 Å². The Morgan fingerprint density at radius 3 is 2.33 bits per heavy atom. The average molecular weight is 460 g/mol. The first-order valence-corrected chi connectivity index (χ1v) is 13.5. The Balaban J connectivity index is 1.15. The number of allylic oxidation sites excluding steroid dienone is 4. The summed E-state index contributed by atoms with van der Waals surface area (Å²) >= 11 is 6.18. The van der Waals surface area contributed by atoms with E-state index in [0.717, 1.165) is 11.6 Å². The summed E-state index contributed by atoms with van der Waals surface area (Å²) in [5.41, 5.74) is 4.96. The molecular weight excluding hydrogens is 422 g/mol. The topological polar surface area (TPSA) is 3.24 Å². The molecule has 2 aromatic carbocycles. The zero-order valence-electron chi connectivity index (χ0n) is 19.9. The summed E-state index contributed by atoms with van der Waals surface area (Å²) in [7, 11) is 0. The van der Waals surface area contributed by atoms with Gasteiger partial charge in [-0.25, -0.2) is 0 Å². The maximum atomic E-state index is 6.18. The molecule has 3 aliphatic rings. The van der Waals surface area contributed by atoms with Crippen molar-refractivity contribution in [1.29, 1.82) is 0 Å². The zero-order valence-corrected chi connectivity index (χ0v) is 20.6. The van der Waals surface area contributed by atoms with E-state index in [0.29, 0.717) is 17.3 Å². The highest BCUT2D eigenvalue weighted by molar-refractivity contribution is 6.30. The summed E-state index contributed by atoms with van der Waals surface area (Å²) in [4.78, 5) is 2.69. The van der Waals surface area contributed by atoms with Crippen molar-refractivity contribution in [2.24, 2.45) is 11.3 Å². The van der Waals surface area contributed by atoms with E-state index in [4.69, 9.17) is 11.6 Å². The van der Waals surface area contributed by atoms with Crippen molar-refractivity contribution in [3.05, 3.63) is 94.5 Å². The number of rotatable bonds is 6. The third-order valence-electron chi connectivity index (χ3n) is 8.58. The van der Waals surface area contributed by atoms with Crippen LogP contribution in [0.2, 0.25) is 5.02 Å². The van der Waals surface area contributed by atoms with Gasteiger partial charge in [-0.3, -0.25) is 4.90 Å². The Kier molecular flexibility index (Phi) is 7.38. The lowest BCUT2D eigenvalue weighted by Gasteiger charge is -2.49. The largest absolute Gasteiger partial charge is 0.299 e. The summed E-state index contributed by atoms with van der Waals surface area (Å²) in [6, 6.07) is 18.2. The molecule has 1 heterocycles. The van der Waals surface area contributed by atoms with Gasteiger partial charge in [-0.05, 0) is 104 Å². The van der Waals surface area contributed by atoms with Gasteiger partial charge in [0.05, 0.1) is 0 Å². The molecule has 1 nitrogen and oxygen atoms in total. The number of hydrogen-bond acceptors (Lipinski definition) is 1. The van der Waals surface area contributed by atoms with E-state index in [-0.39, 0.29) is 0 Å². The monoisotopic (exact) mass is 459 g/mol. The Labute approximate surface area is 205 Å². The molecule has 1 saturated carbocycles. The van der Waals surface area contributed by atoms with Crippen LogP contribution in [-0.2, 0) is 13.0 Å². The van der Waals surface area contributed by atoms with E-state index in [2.05, 4.69) is 77.7 Å². The van der Waals surface area contributed by atoms with E-state index in [9.17, 15) is 0 Å². The predicted molar refractivity (Wildman–Crippen MR) is 141 cm³/mol. The smallest absolute Gasteiger partial charge is 0.0406 e. The van der Waals surface area contributed by atoms with Crippen LogP contribution in [0.5, 0.6) is 0 Å². The molecule has 2 aromatic rings. The maximum Gasteiger partial charge on any atom is 0.0406 e. The number of piperidine rings is 1. The van der Waals surface area contributed by atoms with Crippen LogP contribution < -0.4 is 0 Å². The molecule has 2 heteroatoms. The fraction of sp³-hybridized carbons (Fsp3) is 0.484. The van der Waals surface area contributed by atoms with Crippen LogP contribution in [0.15, 0.2) is 72.8 Å². The Morgan fingerprint density at radius 2 is 1.61 bits per heavy atom. The first-order valence-electron chi connectivity index (χ1n) is 13.1. The van der Waals surface area contributed by atoms with Crippen LogP contribution in [-0.4, -0.2) is 18.0 Å². The van der Waals surface area contributed by atoms with Gasteiger partial charge in [-0.1, -0.05) is 85.1 Å². The quantitative estimate of drug-likeness (QED) is 0.419. The minimum absolute atomic E-state index is 0.495. The molecule has 2 atom stereocenters. The van der Waals surface area contributed by atoms with E-state index >= 15 is 0 Å². The minimum atomic E-state index is 0.495. The number of likely N-dealkylation sites (tertiary alicyclic amines) is 1. The highest BCUT2D eigenvalue weighted by Gasteiger charge is 2.43. The summed E-state index contributed by atoms with van der Waals surface area (Å²) in [6.07, 6.45) is 20.8. The molecule has 0 aromatic heterocycles. The second kappa shape index (κ2) is 10.6.